The fraction of sp³-hybridized carbons (Fsp3) is 0.938. The molecule has 1 amide bonds. The number of nitrogens with two attached hydrogens (primary N) is 1. The van der Waals surface area contributed by atoms with E-state index in [-0.39, 0.29) is 11.9 Å². The van der Waals surface area contributed by atoms with Gasteiger partial charge in [-0.15, -0.1) is 0 Å². The van der Waals surface area contributed by atoms with Gasteiger partial charge in [0.25, 0.3) is 0 Å². The topological polar surface area (TPSA) is 64.3 Å². The zero-order valence-corrected chi connectivity index (χ0v) is 12.8. The normalized spacial score (nSPS) is 28.1. The summed E-state index contributed by atoms with van der Waals surface area (Å²) in [6.07, 6.45) is 8.80. The number of amides is 1. The van der Waals surface area contributed by atoms with Crippen LogP contribution >= 0.6 is 0 Å². The van der Waals surface area contributed by atoms with Crippen LogP contribution in [0.3, 0.4) is 0 Å². The van der Waals surface area contributed by atoms with Crippen LogP contribution in [0.4, 0.5) is 0 Å². The molecular weight excluding hydrogens is 252 g/mol. The van der Waals surface area contributed by atoms with Crippen molar-refractivity contribution >= 4 is 5.91 Å². The molecule has 0 spiro atoms. The Kier molecular flexibility index (Phi) is 5.85. The number of hydrogen-bond donors (Lipinski definition) is 2. The predicted octanol–water partition coefficient (Wildman–Crippen LogP) is 2.22. The Hall–Kier alpha value is -0.610. The number of carbonyl (C=O) groups excluding carboxylic acids is 1. The standard InChI is InChI=1S/C16H30N2O2/c1-2-20-10-9-16(7-4-8-16)12-18-15(19)11-13-5-3-6-14(13)17/h13-14H,2-12,17H2,1H3,(H,18,19)/t13-,14+/m0/s1. The third-order valence-electron chi connectivity index (χ3n) is 5.22. The van der Waals surface area contributed by atoms with Crippen molar-refractivity contribution in [2.45, 2.75) is 64.3 Å². The van der Waals surface area contributed by atoms with Crippen molar-refractivity contribution in [2.24, 2.45) is 17.1 Å². The summed E-state index contributed by atoms with van der Waals surface area (Å²) in [4.78, 5) is 12.1. The van der Waals surface area contributed by atoms with Gasteiger partial charge in [0, 0.05) is 32.2 Å². The van der Waals surface area contributed by atoms with Crippen molar-refractivity contribution < 1.29 is 9.53 Å². The van der Waals surface area contributed by atoms with Crippen LogP contribution in [-0.2, 0) is 9.53 Å². The van der Waals surface area contributed by atoms with Crippen LogP contribution in [0.25, 0.3) is 0 Å². The third-order valence-corrected chi connectivity index (χ3v) is 5.22. The smallest absolute Gasteiger partial charge is 0.220 e. The Labute approximate surface area is 122 Å². The number of ether oxygens (including phenoxy) is 1. The lowest BCUT2D eigenvalue weighted by atomic mass is 9.66. The molecule has 0 aromatic carbocycles. The van der Waals surface area contributed by atoms with Gasteiger partial charge in [-0.1, -0.05) is 12.8 Å². The molecule has 3 N–H and O–H groups in total. The Balaban J connectivity index is 1.68. The molecule has 2 aliphatic carbocycles. The van der Waals surface area contributed by atoms with Crippen molar-refractivity contribution in [2.75, 3.05) is 19.8 Å². The van der Waals surface area contributed by atoms with Crippen molar-refractivity contribution in [3.8, 4) is 0 Å². The monoisotopic (exact) mass is 282 g/mol. The second-order valence-corrected chi connectivity index (χ2v) is 6.64. The van der Waals surface area contributed by atoms with E-state index in [2.05, 4.69) is 5.32 Å². The van der Waals surface area contributed by atoms with E-state index in [1.165, 1.54) is 25.7 Å². The van der Waals surface area contributed by atoms with E-state index >= 15 is 0 Å². The maximum absolute atomic E-state index is 12.1. The number of carbonyl (C=O) groups is 1. The van der Waals surface area contributed by atoms with Crippen LogP contribution in [0.1, 0.15) is 58.3 Å². The molecule has 0 radical (unpaired) electrons. The van der Waals surface area contributed by atoms with Gasteiger partial charge in [-0.05, 0) is 50.4 Å². The molecule has 0 heterocycles. The zero-order chi connectivity index (χ0) is 14.4. The Morgan fingerprint density at radius 2 is 2.15 bits per heavy atom. The average Bonchev–Trinajstić information content (AvgIpc) is 2.77. The van der Waals surface area contributed by atoms with E-state index in [4.69, 9.17) is 10.5 Å². The minimum atomic E-state index is 0.190. The second kappa shape index (κ2) is 7.41. The summed E-state index contributed by atoms with van der Waals surface area (Å²) in [5.41, 5.74) is 6.34. The molecule has 2 atom stereocenters. The van der Waals surface area contributed by atoms with Gasteiger partial charge in [0.2, 0.25) is 5.91 Å². The molecule has 0 saturated heterocycles. The molecule has 0 aromatic heterocycles. The Bertz CT molecular complexity index is 316. The molecule has 116 valence electrons. The van der Waals surface area contributed by atoms with Gasteiger partial charge in [0.1, 0.15) is 0 Å². The summed E-state index contributed by atoms with van der Waals surface area (Å²) in [7, 11) is 0. The molecular formula is C16H30N2O2. The largest absolute Gasteiger partial charge is 0.382 e. The van der Waals surface area contributed by atoms with E-state index in [0.717, 1.165) is 39.0 Å². The lowest BCUT2D eigenvalue weighted by Gasteiger charge is -2.42. The fourth-order valence-corrected chi connectivity index (χ4v) is 3.54. The van der Waals surface area contributed by atoms with Crippen molar-refractivity contribution in [3.63, 3.8) is 0 Å². The first kappa shape index (κ1) is 15.8. The van der Waals surface area contributed by atoms with E-state index in [9.17, 15) is 4.79 Å². The summed E-state index contributed by atoms with van der Waals surface area (Å²) >= 11 is 0. The molecule has 0 bridgehead atoms. The molecule has 4 nitrogen and oxygen atoms in total. The molecule has 20 heavy (non-hydrogen) atoms. The first-order valence-corrected chi connectivity index (χ1v) is 8.25. The molecule has 0 aliphatic heterocycles. The maximum atomic E-state index is 12.1. The number of hydrogen-bond acceptors (Lipinski definition) is 3. The molecule has 2 aliphatic rings. The lowest BCUT2D eigenvalue weighted by molar-refractivity contribution is -0.123. The van der Waals surface area contributed by atoms with Crippen LogP contribution in [-0.4, -0.2) is 31.7 Å². The van der Waals surface area contributed by atoms with Crippen molar-refractivity contribution in [3.05, 3.63) is 0 Å². The van der Waals surface area contributed by atoms with Gasteiger partial charge in [-0.3, -0.25) is 4.79 Å². The highest BCUT2D eigenvalue weighted by Gasteiger charge is 2.37. The summed E-state index contributed by atoms with van der Waals surface area (Å²) in [6, 6.07) is 0.233. The Morgan fingerprint density at radius 1 is 1.35 bits per heavy atom. The van der Waals surface area contributed by atoms with Gasteiger partial charge >= 0.3 is 0 Å². The van der Waals surface area contributed by atoms with Gasteiger partial charge in [0.05, 0.1) is 0 Å². The van der Waals surface area contributed by atoms with Crippen LogP contribution in [0, 0.1) is 11.3 Å². The van der Waals surface area contributed by atoms with Gasteiger partial charge in [0.15, 0.2) is 0 Å². The van der Waals surface area contributed by atoms with E-state index in [1.54, 1.807) is 0 Å². The highest BCUT2D eigenvalue weighted by atomic mass is 16.5. The van der Waals surface area contributed by atoms with Crippen LogP contribution in [0.2, 0.25) is 0 Å². The van der Waals surface area contributed by atoms with Crippen LogP contribution < -0.4 is 11.1 Å². The molecule has 0 unspecified atom stereocenters. The van der Waals surface area contributed by atoms with Crippen LogP contribution in [0.5, 0.6) is 0 Å². The highest BCUT2D eigenvalue weighted by molar-refractivity contribution is 5.76. The molecule has 4 heteroatoms. The summed E-state index contributed by atoms with van der Waals surface area (Å²) in [6.45, 7) is 4.45. The van der Waals surface area contributed by atoms with Crippen molar-refractivity contribution in [1.82, 2.24) is 5.32 Å². The first-order valence-electron chi connectivity index (χ1n) is 8.25. The summed E-state index contributed by atoms with van der Waals surface area (Å²) in [5, 5.41) is 3.15. The van der Waals surface area contributed by atoms with Gasteiger partial charge < -0.3 is 15.8 Å². The number of rotatable bonds is 8. The van der Waals surface area contributed by atoms with Gasteiger partial charge in [-0.2, -0.15) is 0 Å². The maximum Gasteiger partial charge on any atom is 0.220 e. The quantitative estimate of drug-likeness (QED) is 0.671. The summed E-state index contributed by atoms with van der Waals surface area (Å²) in [5.74, 6) is 0.589. The highest BCUT2D eigenvalue weighted by Crippen LogP contribution is 2.43. The average molecular weight is 282 g/mol. The zero-order valence-electron chi connectivity index (χ0n) is 12.8. The summed E-state index contributed by atoms with van der Waals surface area (Å²) < 4.78 is 5.46. The van der Waals surface area contributed by atoms with E-state index < -0.39 is 0 Å². The fourth-order valence-electron chi connectivity index (χ4n) is 3.54. The first-order chi connectivity index (χ1) is 9.65. The molecule has 2 rings (SSSR count). The lowest BCUT2D eigenvalue weighted by Crippen LogP contribution is -2.43. The van der Waals surface area contributed by atoms with Crippen molar-refractivity contribution in [1.29, 1.82) is 0 Å². The minimum Gasteiger partial charge on any atom is -0.382 e. The molecule has 0 aromatic rings. The SMILES string of the molecule is CCOCCC1(CNC(=O)C[C@@H]2CCC[C@H]2N)CCC1. The van der Waals surface area contributed by atoms with E-state index in [0.29, 0.717) is 17.8 Å². The minimum absolute atomic E-state index is 0.190. The second-order valence-electron chi connectivity index (χ2n) is 6.64. The molecule has 2 fully saturated rings. The van der Waals surface area contributed by atoms with E-state index in [1.807, 2.05) is 6.92 Å². The van der Waals surface area contributed by atoms with Crippen LogP contribution in [0.15, 0.2) is 0 Å². The van der Waals surface area contributed by atoms with Gasteiger partial charge in [-0.25, -0.2) is 0 Å². The third kappa shape index (κ3) is 4.19. The predicted molar refractivity (Wildman–Crippen MR) is 80.3 cm³/mol. The Morgan fingerprint density at radius 3 is 2.70 bits per heavy atom. The molecule has 2 saturated carbocycles. The number of nitrogens with one attached hydrogen (secondary N) is 1.